The maximum atomic E-state index is 13.0. The van der Waals surface area contributed by atoms with E-state index in [1.165, 1.54) is 0 Å². The van der Waals surface area contributed by atoms with E-state index >= 15 is 0 Å². The number of rotatable bonds is 12. The van der Waals surface area contributed by atoms with Crippen molar-refractivity contribution in [3.8, 4) is 0 Å². The van der Waals surface area contributed by atoms with Gasteiger partial charge in [0.2, 0.25) is 11.1 Å². The largest absolute Gasteiger partial charge is 0.450 e. The van der Waals surface area contributed by atoms with Crippen LogP contribution in [0.3, 0.4) is 0 Å². The second-order valence-electron chi connectivity index (χ2n) is 14.6. The van der Waals surface area contributed by atoms with Crippen molar-refractivity contribution in [2.75, 3.05) is 42.7 Å². The predicted octanol–water partition coefficient (Wildman–Crippen LogP) is 6.61. The number of quaternary nitrogens is 1. The fraction of sp³-hybridized carbons (Fsp3) is 0.486. The smallest absolute Gasteiger partial charge is 0.411 e. The number of amides is 2. The molecule has 0 aromatic heterocycles. The standard InChI is InChI=1S/C37H48N4O10S2/c1-7-50-34(42)38-25-16-18-29-27(23-25)36(3,4)31(40(29)20-9-10-22-52(44,45)46)13-11-14-32-37(5,6)28-24-26(39-35(43)51-8-2)17-19-30(28)41(32)21-12-15-33(41)53(47,48)49/h11,13-14,16-19,23-24,33H,7-10,12,15,20-22H2,1-6H3,(H2-2,38,39,42,43,44,45,46,47,48,49)/p+2/b13-11?,32-14+. The number of hydrogen-bond acceptors (Lipinski definition) is 8. The summed E-state index contributed by atoms with van der Waals surface area (Å²) in [5.74, 6) is -0.363. The highest BCUT2D eigenvalue weighted by Gasteiger charge is 2.62. The molecule has 3 aliphatic heterocycles. The minimum Gasteiger partial charge on any atom is -0.450 e. The molecule has 1 spiro atoms. The summed E-state index contributed by atoms with van der Waals surface area (Å²) in [5.41, 5.74) is 4.66. The summed E-state index contributed by atoms with van der Waals surface area (Å²) in [6.07, 6.45) is 6.09. The molecule has 53 heavy (non-hydrogen) atoms. The number of nitrogens with one attached hydrogen (secondary N) is 2. The van der Waals surface area contributed by atoms with Crippen LogP contribution >= 0.6 is 0 Å². The number of carbonyl (C=O) groups excluding carboxylic acids is 2. The zero-order valence-electron chi connectivity index (χ0n) is 31.0. The summed E-state index contributed by atoms with van der Waals surface area (Å²) in [4.78, 5) is 24.5. The topological polar surface area (TPSA) is 188 Å². The van der Waals surface area contributed by atoms with E-state index in [2.05, 4.69) is 15.2 Å². The van der Waals surface area contributed by atoms with Gasteiger partial charge in [0.05, 0.1) is 36.3 Å². The second kappa shape index (κ2) is 15.0. The van der Waals surface area contributed by atoms with Gasteiger partial charge >= 0.3 is 22.3 Å². The molecule has 2 aromatic rings. The number of carbonyl (C=O) groups is 2. The van der Waals surface area contributed by atoms with Crippen molar-refractivity contribution in [1.82, 2.24) is 4.48 Å². The summed E-state index contributed by atoms with van der Waals surface area (Å²) in [7, 11) is -8.62. The Bertz CT molecular complexity index is 2110. The van der Waals surface area contributed by atoms with Gasteiger partial charge < -0.3 is 9.47 Å². The Hall–Kier alpha value is -4.09. The molecule has 3 aliphatic rings. The molecule has 0 saturated carbocycles. The molecule has 0 bridgehead atoms. The van der Waals surface area contributed by atoms with Gasteiger partial charge in [-0.05, 0) is 78.3 Å². The molecular formula is C37H50N4O10S2+2. The molecule has 1 saturated heterocycles. The molecule has 3 heterocycles. The number of nitrogens with zero attached hydrogens (tertiary/aromatic N) is 2. The third-order valence-corrected chi connectivity index (χ3v) is 12.5. The van der Waals surface area contributed by atoms with Gasteiger partial charge in [0, 0.05) is 60.0 Å². The van der Waals surface area contributed by atoms with Crippen LogP contribution in [0.5, 0.6) is 0 Å². The SMILES string of the molecule is CCOC(=O)Nc1ccc2c(c1)C(C)(C)C(C=C/C=C1\C(C)(C)c3cc(NC(=O)OCC)ccc3[N+]13CCCC3S(=O)(=O)O)=[N+]2CCCCS(=O)(=O)O. The highest BCUT2D eigenvalue weighted by molar-refractivity contribution is 7.86. The van der Waals surface area contributed by atoms with E-state index in [1.54, 1.807) is 26.0 Å². The van der Waals surface area contributed by atoms with Crippen molar-refractivity contribution in [2.45, 2.75) is 83.4 Å². The zero-order valence-corrected chi connectivity index (χ0v) is 32.6. The molecule has 2 amide bonds. The minimum absolute atomic E-state index is 0.0770. The average molecular weight is 775 g/mol. The molecular weight excluding hydrogens is 725 g/mol. The Balaban J connectivity index is 1.60. The lowest BCUT2D eigenvalue weighted by Crippen LogP contribution is -2.55. The van der Waals surface area contributed by atoms with E-state index in [9.17, 15) is 35.5 Å². The molecule has 2 atom stereocenters. The monoisotopic (exact) mass is 774 g/mol. The molecule has 2 unspecified atom stereocenters. The van der Waals surface area contributed by atoms with Crippen LogP contribution in [0.1, 0.15) is 78.4 Å². The van der Waals surface area contributed by atoms with Crippen molar-refractivity contribution in [3.05, 3.63) is 71.5 Å². The Morgan fingerprint density at radius 1 is 0.906 bits per heavy atom. The number of anilines is 2. The van der Waals surface area contributed by atoms with Gasteiger partial charge in [-0.3, -0.25) is 19.7 Å². The number of hydrogen-bond donors (Lipinski definition) is 4. The van der Waals surface area contributed by atoms with Gasteiger partial charge in [0.1, 0.15) is 17.9 Å². The van der Waals surface area contributed by atoms with Crippen LogP contribution in [0.25, 0.3) is 0 Å². The summed E-state index contributed by atoms with van der Waals surface area (Å²) >= 11 is 0. The number of unbranched alkanes of at least 4 members (excludes halogenated alkanes) is 1. The van der Waals surface area contributed by atoms with Gasteiger partial charge in [-0.2, -0.15) is 21.4 Å². The van der Waals surface area contributed by atoms with Gasteiger partial charge in [-0.25, -0.2) is 14.1 Å². The van der Waals surface area contributed by atoms with E-state index in [0.717, 1.165) is 33.9 Å². The number of allylic oxidation sites excluding steroid dienone is 4. The molecule has 5 rings (SSSR count). The molecule has 0 aliphatic carbocycles. The normalized spacial score (nSPS) is 22.3. The lowest BCUT2D eigenvalue weighted by atomic mass is 9.81. The Morgan fingerprint density at radius 2 is 1.51 bits per heavy atom. The van der Waals surface area contributed by atoms with E-state index in [-0.39, 0.29) is 36.3 Å². The Kier molecular flexibility index (Phi) is 11.3. The Morgan fingerprint density at radius 3 is 2.09 bits per heavy atom. The minimum atomic E-state index is -4.50. The number of fused-ring (bicyclic) bond motifs is 3. The molecule has 14 nitrogen and oxygen atoms in total. The summed E-state index contributed by atoms with van der Waals surface area (Å²) in [5, 5.41) is 4.37. The molecule has 0 radical (unpaired) electrons. The van der Waals surface area contributed by atoms with Crippen molar-refractivity contribution in [2.24, 2.45) is 0 Å². The van der Waals surface area contributed by atoms with Crippen LogP contribution in [0.4, 0.5) is 32.3 Å². The maximum Gasteiger partial charge on any atom is 0.411 e. The van der Waals surface area contributed by atoms with E-state index in [1.807, 2.05) is 70.2 Å². The van der Waals surface area contributed by atoms with Gasteiger partial charge in [0.25, 0.3) is 10.1 Å². The van der Waals surface area contributed by atoms with E-state index < -0.39 is 48.6 Å². The first-order valence-corrected chi connectivity index (χ1v) is 20.9. The zero-order chi connectivity index (χ0) is 39.0. The first-order valence-electron chi connectivity index (χ1n) is 17.8. The summed E-state index contributed by atoms with van der Waals surface area (Å²) in [6, 6.07) is 10.9. The van der Waals surface area contributed by atoms with Gasteiger partial charge in [-0.1, -0.05) is 6.08 Å². The quantitative estimate of drug-likeness (QED) is 0.0791. The second-order valence-corrected chi connectivity index (χ2v) is 17.7. The predicted molar refractivity (Wildman–Crippen MR) is 204 cm³/mol. The molecule has 1 fully saturated rings. The fourth-order valence-corrected chi connectivity index (χ4v) is 10.0. The highest BCUT2D eigenvalue weighted by atomic mass is 32.2. The molecule has 2 aromatic carbocycles. The van der Waals surface area contributed by atoms with E-state index in [4.69, 9.17) is 9.47 Å². The van der Waals surface area contributed by atoms with Crippen LogP contribution in [0.15, 0.2) is 60.3 Å². The van der Waals surface area contributed by atoms with Crippen molar-refractivity contribution < 1.29 is 49.6 Å². The molecule has 4 N–H and O–H groups in total. The van der Waals surface area contributed by atoms with E-state index in [0.29, 0.717) is 37.3 Å². The Labute approximate surface area is 311 Å². The molecule has 16 heteroatoms. The lowest BCUT2D eigenvalue weighted by molar-refractivity contribution is -0.438. The number of benzene rings is 2. The lowest BCUT2D eigenvalue weighted by Gasteiger charge is -2.37. The summed E-state index contributed by atoms with van der Waals surface area (Å²) in [6.45, 7) is 12.8. The van der Waals surface area contributed by atoms with Crippen LogP contribution in [0.2, 0.25) is 0 Å². The van der Waals surface area contributed by atoms with Crippen molar-refractivity contribution in [3.63, 3.8) is 0 Å². The first kappa shape index (κ1) is 40.1. The third kappa shape index (κ3) is 7.92. The first-order chi connectivity index (χ1) is 24.8. The van der Waals surface area contributed by atoms with Crippen LogP contribution in [-0.2, 0) is 40.5 Å². The highest BCUT2D eigenvalue weighted by Crippen LogP contribution is 2.57. The van der Waals surface area contributed by atoms with Crippen LogP contribution in [-0.4, -0.2) is 85.8 Å². The summed E-state index contributed by atoms with van der Waals surface area (Å²) < 4.78 is 81.0. The number of ether oxygens (including phenoxy) is 2. The van der Waals surface area contributed by atoms with Crippen molar-refractivity contribution >= 4 is 60.9 Å². The fourth-order valence-electron chi connectivity index (χ4n) is 8.23. The van der Waals surface area contributed by atoms with Crippen molar-refractivity contribution in [1.29, 1.82) is 0 Å². The van der Waals surface area contributed by atoms with Crippen LogP contribution in [0, 0.1) is 0 Å². The van der Waals surface area contributed by atoms with Gasteiger partial charge in [0.15, 0.2) is 5.71 Å². The molecule has 288 valence electrons. The van der Waals surface area contributed by atoms with Crippen LogP contribution < -0.4 is 15.1 Å². The maximum absolute atomic E-state index is 13.0. The van der Waals surface area contributed by atoms with Gasteiger partial charge in [-0.15, -0.1) is 0 Å². The average Bonchev–Trinajstić information content (AvgIpc) is 3.64. The third-order valence-electron chi connectivity index (χ3n) is 10.4.